The molecule has 4 heteroatoms. The second kappa shape index (κ2) is 7.71. The van der Waals surface area contributed by atoms with Crippen molar-refractivity contribution in [2.75, 3.05) is 19.0 Å². The van der Waals surface area contributed by atoms with Crippen LogP contribution in [-0.2, 0) is 11.2 Å². The number of hydrogen-bond acceptors (Lipinski definition) is 2. The fourth-order valence-corrected chi connectivity index (χ4v) is 1.68. The largest absolute Gasteiger partial charge is 0.383 e. The van der Waals surface area contributed by atoms with Crippen molar-refractivity contribution in [1.82, 2.24) is 5.32 Å². The third-order valence-corrected chi connectivity index (χ3v) is 2.79. The summed E-state index contributed by atoms with van der Waals surface area (Å²) in [6.45, 7) is 4.63. The van der Waals surface area contributed by atoms with Crippen molar-refractivity contribution < 1.29 is 9.53 Å². The number of carbonyl (C=O) groups excluding carboxylic acids is 1. The van der Waals surface area contributed by atoms with Crippen LogP contribution in [0.1, 0.15) is 25.8 Å². The average molecular weight is 250 g/mol. The van der Waals surface area contributed by atoms with E-state index in [1.165, 1.54) is 5.56 Å². The molecule has 0 aliphatic carbocycles. The van der Waals surface area contributed by atoms with Gasteiger partial charge in [0.1, 0.15) is 0 Å². The van der Waals surface area contributed by atoms with Gasteiger partial charge in [-0.05, 0) is 30.5 Å². The number of nitrogens with one attached hydrogen (secondary N) is 2. The summed E-state index contributed by atoms with van der Waals surface area (Å²) in [5.74, 6) is 0. The smallest absolute Gasteiger partial charge is 0.319 e. The summed E-state index contributed by atoms with van der Waals surface area (Å²) in [4.78, 5) is 11.8. The first-order valence-corrected chi connectivity index (χ1v) is 6.35. The molecule has 1 unspecified atom stereocenters. The molecule has 1 aromatic rings. The van der Waals surface area contributed by atoms with Gasteiger partial charge in [-0.15, -0.1) is 0 Å². The van der Waals surface area contributed by atoms with Gasteiger partial charge in [0.15, 0.2) is 0 Å². The lowest BCUT2D eigenvalue weighted by molar-refractivity contribution is 0.165. The molecule has 4 nitrogen and oxygen atoms in total. The van der Waals surface area contributed by atoms with Gasteiger partial charge in [0, 0.05) is 12.8 Å². The molecule has 1 rings (SSSR count). The highest BCUT2D eigenvalue weighted by molar-refractivity contribution is 5.89. The molecule has 0 fully saturated rings. The second-order valence-electron chi connectivity index (χ2n) is 4.21. The summed E-state index contributed by atoms with van der Waals surface area (Å²) < 4.78 is 5.04. The zero-order valence-electron chi connectivity index (χ0n) is 11.3. The lowest BCUT2D eigenvalue weighted by Gasteiger charge is -2.16. The van der Waals surface area contributed by atoms with E-state index in [0.717, 1.165) is 18.5 Å². The lowest BCUT2D eigenvalue weighted by atomic mass is 10.1. The number of aryl methyl sites for hydroxylation is 1. The quantitative estimate of drug-likeness (QED) is 0.815. The maximum Gasteiger partial charge on any atom is 0.319 e. The second-order valence-corrected chi connectivity index (χ2v) is 4.21. The van der Waals surface area contributed by atoms with Crippen LogP contribution >= 0.6 is 0 Å². The zero-order valence-corrected chi connectivity index (χ0v) is 11.3. The molecule has 0 saturated heterocycles. The van der Waals surface area contributed by atoms with Gasteiger partial charge >= 0.3 is 6.03 Å². The van der Waals surface area contributed by atoms with Gasteiger partial charge in [-0.1, -0.05) is 26.0 Å². The highest BCUT2D eigenvalue weighted by Crippen LogP contribution is 2.10. The third-order valence-electron chi connectivity index (χ3n) is 2.79. The highest BCUT2D eigenvalue weighted by Gasteiger charge is 2.09. The molecule has 0 heterocycles. The van der Waals surface area contributed by atoms with Gasteiger partial charge < -0.3 is 15.4 Å². The van der Waals surface area contributed by atoms with Gasteiger partial charge in [-0.25, -0.2) is 4.79 Å². The maximum atomic E-state index is 11.8. The van der Waals surface area contributed by atoms with Crippen molar-refractivity contribution >= 4 is 11.7 Å². The Balaban J connectivity index is 2.52. The van der Waals surface area contributed by atoms with Crippen LogP contribution in [0.4, 0.5) is 10.5 Å². The summed E-state index contributed by atoms with van der Waals surface area (Å²) in [5.41, 5.74) is 2.02. The topological polar surface area (TPSA) is 50.4 Å². The van der Waals surface area contributed by atoms with Gasteiger partial charge in [-0.3, -0.25) is 0 Å². The highest BCUT2D eigenvalue weighted by atomic mass is 16.5. The van der Waals surface area contributed by atoms with E-state index in [2.05, 4.69) is 17.6 Å². The van der Waals surface area contributed by atoms with E-state index >= 15 is 0 Å². The first-order chi connectivity index (χ1) is 8.69. The van der Waals surface area contributed by atoms with E-state index in [1.807, 2.05) is 31.2 Å². The molecule has 0 saturated carbocycles. The van der Waals surface area contributed by atoms with Crippen molar-refractivity contribution in [2.24, 2.45) is 0 Å². The van der Waals surface area contributed by atoms with Gasteiger partial charge in [0.25, 0.3) is 0 Å². The molecular formula is C14H22N2O2. The van der Waals surface area contributed by atoms with Crippen LogP contribution < -0.4 is 10.6 Å². The lowest BCUT2D eigenvalue weighted by Crippen LogP contribution is -2.40. The number of urea groups is 1. The number of anilines is 1. The predicted molar refractivity (Wildman–Crippen MR) is 73.9 cm³/mol. The SMILES string of the molecule is CCc1cccc(NC(=O)NC(CC)COC)c1. The molecule has 0 aliphatic heterocycles. The summed E-state index contributed by atoms with van der Waals surface area (Å²) in [6.07, 6.45) is 1.80. The molecule has 2 N–H and O–H groups in total. The van der Waals surface area contributed by atoms with Gasteiger partial charge in [0.05, 0.1) is 12.6 Å². The Morgan fingerprint density at radius 1 is 1.39 bits per heavy atom. The van der Waals surface area contributed by atoms with Crippen molar-refractivity contribution in [1.29, 1.82) is 0 Å². The number of hydrogen-bond donors (Lipinski definition) is 2. The average Bonchev–Trinajstić information content (AvgIpc) is 2.38. The number of amides is 2. The molecule has 1 aromatic carbocycles. The Bertz CT molecular complexity index is 380. The van der Waals surface area contributed by atoms with E-state index in [0.29, 0.717) is 6.61 Å². The Morgan fingerprint density at radius 2 is 2.17 bits per heavy atom. The molecule has 18 heavy (non-hydrogen) atoms. The summed E-state index contributed by atoms with van der Waals surface area (Å²) in [7, 11) is 1.63. The van der Waals surface area contributed by atoms with Crippen LogP contribution in [0.25, 0.3) is 0 Å². The number of methoxy groups -OCH3 is 1. The number of ether oxygens (including phenoxy) is 1. The first-order valence-electron chi connectivity index (χ1n) is 6.35. The van der Waals surface area contributed by atoms with E-state index in [9.17, 15) is 4.79 Å². The molecule has 0 aliphatic rings. The summed E-state index contributed by atoms with van der Waals surface area (Å²) in [5, 5.41) is 5.71. The molecule has 2 amide bonds. The van der Waals surface area contributed by atoms with Crippen LogP contribution in [0.3, 0.4) is 0 Å². The van der Waals surface area contributed by atoms with Gasteiger partial charge in [-0.2, -0.15) is 0 Å². The fourth-order valence-electron chi connectivity index (χ4n) is 1.68. The monoisotopic (exact) mass is 250 g/mol. The minimum Gasteiger partial charge on any atom is -0.383 e. The van der Waals surface area contributed by atoms with Crippen molar-refractivity contribution in [3.63, 3.8) is 0 Å². The minimum atomic E-state index is -0.188. The van der Waals surface area contributed by atoms with Crippen molar-refractivity contribution in [2.45, 2.75) is 32.7 Å². The molecule has 0 bridgehead atoms. The Morgan fingerprint density at radius 3 is 2.78 bits per heavy atom. The van der Waals surface area contributed by atoms with Crippen LogP contribution in [0.5, 0.6) is 0 Å². The predicted octanol–water partition coefficient (Wildman–Crippen LogP) is 2.80. The standard InChI is InChI=1S/C14H22N2O2/c1-4-11-7-6-8-13(9-11)16-14(17)15-12(5-2)10-18-3/h6-9,12H,4-5,10H2,1-3H3,(H2,15,16,17). The summed E-state index contributed by atoms with van der Waals surface area (Å²) >= 11 is 0. The van der Waals surface area contributed by atoms with Crippen LogP contribution in [0.15, 0.2) is 24.3 Å². The van der Waals surface area contributed by atoms with Crippen LogP contribution in [-0.4, -0.2) is 25.8 Å². The fraction of sp³-hybridized carbons (Fsp3) is 0.500. The van der Waals surface area contributed by atoms with E-state index in [4.69, 9.17) is 4.74 Å². The Hall–Kier alpha value is -1.55. The van der Waals surface area contributed by atoms with E-state index in [1.54, 1.807) is 7.11 Å². The number of benzene rings is 1. The normalized spacial score (nSPS) is 11.9. The van der Waals surface area contributed by atoms with Crippen LogP contribution in [0.2, 0.25) is 0 Å². The number of rotatable bonds is 6. The molecule has 1 atom stereocenters. The van der Waals surface area contributed by atoms with E-state index < -0.39 is 0 Å². The first kappa shape index (κ1) is 14.5. The molecule has 0 spiro atoms. The Kier molecular flexibility index (Phi) is 6.22. The number of carbonyl (C=O) groups is 1. The van der Waals surface area contributed by atoms with E-state index in [-0.39, 0.29) is 12.1 Å². The third kappa shape index (κ3) is 4.75. The molecule has 100 valence electrons. The Labute approximate surface area is 109 Å². The van der Waals surface area contributed by atoms with Crippen LogP contribution in [0, 0.1) is 0 Å². The van der Waals surface area contributed by atoms with Crippen molar-refractivity contribution in [3.05, 3.63) is 29.8 Å². The maximum absolute atomic E-state index is 11.8. The molecular weight excluding hydrogens is 228 g/mol. The zero-order chi connectivity index (χ0) is 13.4. The van der Waals surface area contributed by atoms with Gasteiger partial charge in [0.2, 0.25) is 0 Å². The molecule has 0 radical (unpaired) electrons. The molecule has 0 aromatic heterocycles. The minimum absolute atomic E-state index is 0.0457. The van der Waals surface area contributed by atoms with Crippen molar-refractivity contribution in [3.8, 4) is 0 Å². The summed E-state index contributed by atoms with van der Waals surface area (Å²) in [6, 6.07) is 7.72.